The van der Waals surface area contributed by atoms with Gasteiger partial charge in [0.1, 0.15) is 11.8 Å². The van der Waals surface area contributed by atoms with E-state index in [4.69, 9.17) is 0 Å². The summed E-state index contributed by atoms with van der Waals surface area (Å²) >= 11 is 0. The number of rotatable bonds is 4. The van der Waals surface area contributed by atoms with Gasteiger partial charge in [-0.25, -0.2) is 0 Å². The molecule has 5 nitrogen and oxygen atoms in total. The zero-order valence-electron chi connectivity index (χ0n) is 9.89. The van der Waals surface area contributed by atoms with Crippen molar-refractivity contribution in [2.45, 2.75) is 24.8 Å². The number of alkyl halides is 3. The van der Waals surface area contributed by atoms with E-state index >= 15 is 0 Å². The Labute approximate surface area is 106 Å². The Balaban J connectivity index is 2.88. The van der Waals surface area contributed by atoms with Gasteiger partial charge in [0.2, 0.25) is 0 Å². The molecule has 0 aliphatic rings. The zero-order chi connectivity index (χ0) is 14.6. The fraction of sp³-hybridized carbons (Fsp3) is 0.455. The van der Waals surface area contributed by atoms with Crippen LogP contribution in [0.4, 0.5) is 13.2 Å². The topological polar surface area (TPSA) is 79.7 Å². The second-order valence-electron chi connectivity index (χ2n) is 3.76. The van der Waals surface area contributed by atoms with Gasteiger partial charge in [0, 0.05) is 6.20 Å². The van der Waals surface area contributed by atoms with Crippen LogP contribution >= 0.6 is 0 Å². The summed E-state index contributed by atoms with van der Waals surface area (Å²) in [4.78, 5) is 14.0. The second kappa shape index (κ2) is 5.98. The lowest BCUT2D eigenvalue weighted by atomic mass is 10.0. The quantitative estimate of drug-likeness (QED) is 0.806. The predicted octanol–water partition coefficient (Wildman–Crippen LogP) is 1.06. The number of aromatic nitrogens is 1. The molecule has 0 aliphatic carbocycles. The van der Waals surface area contributed by atoms with Gasteiger partial charge in [-0.1, -0.05) is 0 Å². The molecule has 1 rings (SSSR count). The number of carbonyl (C=O) groups excluding carboxylic acids is 1. The third kappa shape index (κ3) is 4.18. The Kier molecular flexibility index (Phi) is 4.84. The number of methoxy groups -OCH3 is 1. The normalized spacial score (nSPS) is 14.8. The maximum Gasteiger partial charge on any atom is 0.433 e. The van der Waals surface area contributed by atoms with E-state index in [9.17, 15) is 28.2 Å². The minimum absolute atomic E-state index is 0.182. The maximum atomic E-state index is 12.4. The van der Waals surface area contributed by atoms with Crippen molar-refractivity contribution in [2.24, 2.45) is 0 Å². The summed E-state index contributed by atoms with van der Waals surface area (Å²) in [5.74, 6) is -0.781. The summed E-state index contributed by atoms with van der Waals surface area (Å²) in [6.07, 6.45) is -7.50. The number of halogens is 3. The van der Waals surface area contributed by atoms with Crippen molar-refractivity contribution in [3.05, 3.63) is 29.6 Å². The van der Waals surface area contributed by atoms with Crippen LogP contribution in [0.15, 0.2) is 18.3 Å². The van der Waals surface area contributed by atoms with E-state index in [0.29, 0.717) is 6.07 Å². The highest BCUT2D eigenvalue weighted by Crippen LogP contribution is 2.29. The lowest BCUT2D eigenvalue weighted by molar-refractivity contribution is -0.145. The van der Waals surface area contributed by atoms with E-state index < -0.39 is 36.5 Å². The molecular formula is C11H12F3NO4. The lowest BCUT2D eigenvalue weighted by Gasteiger charge is -2.18. The summed E-state index contributed by atoms with van der Waals surface area (Å²) in [5, 5.41) is 19.2. The van der Waals surface area contributed by atoms with Crippen LogP contribution in [0, 0.1) is 0 Å². The Morgan fingerprint density at radius 2 is 2.11 bits per heavy atom. The third-order valence-electron chi connectivity index (χ3n) is 2.38. The Morgan fingerprint density at radius 1 is 1.47 bits per heavy atom. The van der Waals surface area contributed by atoms with Gasteiger partial charge in [0.25, 0.3) is 0 Å². The smallest absolute Gasteiger partial charge is 0.433 e. The summed E-state index contributed by atoms with van der Waals surface area (Å²) in [5.41, 5.74) is -1.37. The van der Waals surface area contributed by atoms with Crippen LogP contribution < -0.4 is 0 Å². The summed E-state index contributed by atoms with van der Waals surface area (Å²) < 4.78 is 41.5. The van der Waals surface area contributed by atoms with E-state index in [2.05, 4.69) is 9.72 Å². The molecule has 0 saturated carbocycles. The van der Waals surface area contributed by atoms with Crippen molar-refractivity contribution >= 4 is 5.97 Å². The molecule has 2 atom stereocenters. The molecule has 106 valence electrons. The first-order valence-electron chi connectivity index (χ1n) is 5.21. The molecular weight excluding hydrogens is 267 g/mol. The number of ether oxygens (including phenoxy) is 1. The fourth-order valence-electron chi connectivity index (χ4n) is 1.37. The molecule has 1 heterocycles. The Hall–Kier alpha value is -1.67. The van der Waals surface area contributed by atoms with Gasteiger partial charge in [-0.05, 0) is 17.7 Å². The molecule has 19 heavy (non-hydrogen) atoms. The highest BCUT2D eigenvalue weighted by molar-refractivity contribution is 5.69. The minimum atomic E-state index is -4.65. The van der Waals surface area contributed by atoms with Gasteiger partial charge in [0.05, 0.1) is 19.6 Å². The van der Waals surface area contributed by atoms with Crippen LogP contribution in [0.25, 0.3) is 0 Å². The van der Waals surface area contributed by atoms with Crippen molar-refractivity contribution < 1.29 is 32.9 Å². The van der Waals surface area contributed by atoms with Crippen molar-refractivity contribution in [1.29, 1.82) is 0 Å². The largest absolute Gasteiger partial charge is 0.469 e. The summed E-state index contributed by atoms with van der Waals surface area (Å²) in [7, 11) is 1.09. The molecule has 0 bridgehead atoms. The first kappa shape index (κ1) is 15.4. The molecule has 0 saturated heterocycles. The molecule has 0 aliphatic heterocycles. The van der Waals surface area contributed by atoms with E-state index in [0.717, 1.165) is 19.4 Å². The van der Waals surface area contributed by atoms with Gasteiger partial charge in [0.15, 0.2) is 0 Å². The van der Waals surface area contributed by atoms with Crippen molar-refractivity contribution in [3.63, 3.8) is 0 Å². The number of hydrogen-bond donors (Lipinski definition) is 2. The van der Waals surface area contributed by atoms with Crippen molar-refractivity contribution in [2.75, 3.05) is 7.11 Å². The number of hydrogen-bond acceptors (Lipinski definition) is 5. The maximum absolute atomic E-state index is 12.4. The van der Waals surface area contributed by atoms with Crippen LogP contribution in [0.3, 0.4) is 0 Å². The number of carbonyl (C=O) groups is 1. The highest BCUT2D eigenvalue weighted by atomic mass is 19.4. The first-order valence-corrected chi connectivity index (χ1v) is 5.21. The third-order valence-corrected chi connectivity index (χ3v) is 2.38. The minimum Gasteiger partial charge on any atom is -0.469 e. The summed E-state index contributed by atoms with van der Waals surface area (Å²) in [6, 6.07) is 1.74. The molecule has 0 aromatic carbocycles. The van der Waals surface area contributed by atoms with Crippen LogP contribution in [0.5, 0.6) is 0 Å². The van der Waals surface area contributed by atoms with Gasteiger partial charge < -0.3 is 14.9 Å². The van der Waals surface area contributed by atoms with Gasteiger partial charge in [-0.15, -0.1) is 0 Å². The molecule has 2 N–H and O–H groups in total. The zero-order valence-corrected chi connectivity index (χ0v) is 9.89. The Bertz CT molecular complexity index is 450. The van der Waals surface area contributed by atoms with E-state index in [-0.39, 0.29) is 5.56 Å². The van der Waals surface area contributed by atoms with Crippen LogP contribution in [0.2, 0.25) is 0 Å². The van der Waals surface area contributed by atoms with Crippen LogP contribution in [-0.2, 0) is 15.7 Å². The van der Waals surface area contributed by atoms with Gasteiger partial charge in [-0.2, -0.15) is 13.2 Å². The number of aliphatic hydroxyl groups is 2. The highest BCUT2D eigenvalue weighted by Gasteiger charge is 2.33. The number of esters is 1. The van der Waals surface area contributed by atoms with Crippen LogP contribution in [-0.4, -0.2) is 34.4 Å². The average molecular weight is 279 g/mol. The van der Waals surface area contributed by atoms with Crippen LogP contribution in [0.1, 0.15) is 23.8 Å². The number of pyridine rings is 1. The Morgan fingerprint density at radius 3 is 2.63 bits per heavy atom. The van der Waals surface area contributed by atoms with E-state index in [1.165, 1.54) is 0 Å². The molecule has 0 spiro atoms. The van der Waals surface area contributed by atoms with E-state index in [1.807, 2.05) is 0 Å². The van der Waals surface area contributed by atoms with Gasteiger partial charge >= 0.3 is 12.1 Å². The SMILES string of the molecule is COC(=O)CC(O)C(O)c1ccnc(C(F)(F)F)c1. The average Bonchev–Trinajstić information content (AvgIpc) is 2.36. The monoisotopic (exact) mass is 279 g/mol. The molecule has 2 unspecified atom stereocenters. The number of nitrogens with zero attached hydrogens (tertiary/aromatic N) is 1. The fourth-order valence-corrected chi connectivity index (χ4v) is 1.37. The molecule has 1 aromatic heterocycles. The molecule has 0 radical (unpaired) electrons. The second-order valence-corrected chi connectivity index (χ2v) is 3.76. The number of aliphatic hydroxyl groups excluding tert-OH is 2. The van der Waals surface area contributed by atoms with E-state index in [1.54, 1.807) is 0 Å². The first-order chi connectivity index (χ1) is 8.75. The van der Waals surface area contributed by atoms with Crippen molar-refractivity contribution in [1.82, 2.24) is 4.98 Å². The molecule has 1 aromatic rings. The molecule has 8 heteroatoms. The standard InChI is InChI=1S/C11H12F3NO4/c1-19-9(17)5-7(16)10(18)6-2-3-15-8(4-6)11(12,13)14/h2-4,7,10,16,18H,5H2,1H3. The van der Waals surface area contributed by atoms with Gasteiger partial charge in [-0.3, -0.25) is 9.78 Å². The van der Waals surface area contributed by atoms with Crippen molar-refractivity contribution in [3.8, 4) is 0 Å². The predicted molar refractivity (Wildman–Crippen MR) is 56.8 cm³/mol. The molecule has 0 fully saturated rings. The lowest BCUT2D eigenvalue weighted by Crippen LogP contribution is -2.23. The summed E-state index contributed by atoms with van der Waals surface area (Å²) in [6.45, 7) is 0. The molecule has 0 amide bonds.